The summed E-state index contributed by atoms with van der Waals surface area (Å²) in [7, 11) is 0. The van der Waals surface area contributed by atoms with Crippen LogP contribution in [0, 0.1) is 0 Å². The molecule has 0 aromatic rings. The van der Waals surface area contributed by atoms with Crippen molar-refractivity contribution in [3.05, 3.63) is 0 Å². The zero-order valence-electron chi connectivity index (χ0n) is 11.1. The van der Waals surface area contributed by atoms with Crippen LogP contribution in [-0.4, -0.2) is 80.1 Å². The largest absolute Gasteiger partial charge is 0.377 e. The average Bonchev–Trinajstić information content (AvgIpc) is 2.41. The Balaban J connectivity index is 1.93. The summed E-state index contributed by atoms with van der Waals surface area (Å²) >= 11 is 0. The summed E-state index contributed by atoms with van der Waals surface area (Å²) in [5.41, 5.74) is 0. The number of hydrogen-bond acceptors (Lipinski definition) is 4. The van der Waals surface area contributed by atoms with Gasteiger partial charge in [-0.25, -0.2) is 8.78 Å². The van der Waals surface area contributed by atoms with Gasteiger partial charge >= 0.3 is 0 Å². The van der Waals surface area contributed by atoms with E-state index in [2.05, 4.69) is 0 Å². The van der Waals surface area contributed by atoms with Crippen molar-refractivity contribution in [3.8, 4) is 0 Å². The number of ether oxygens (including phenoxy) is 2. The first-order valence-corrected chi connectivity index (χ1v) is 6.59. The number of nitrogens with zero attached hydrogens (tertiary/aromatic N) is 2. The second-order valence-corrected chi connectivity index (χ2v) is 4.81. The van der Waals surface area contributed by atoms with Gasteiger partial charge in [-0.15, -0.1) is 0 Å². The molecular formula is C12H18F2N2O4. The van der Waals surface area contributed by atoms with Crippen molar-refractivity contribution in [2.75, 3.05) is 46.1 Å². The molecule has 2 rings (SSSR count). The van der Waals surface area contributed by atoms with Crippen LogP contribution >= 0.6 is 0 Å². The van der Waals surface area contributed by atoms with E-state index >= 15 is 0 Å². The maximum atomic E-state index is 12.5. The smallest absolute Gasteiger partial charge is 0.249 e. The molecule has 0 radical (unpaired) electrons. The third-order valence-electron chi connectivity index (χ3n) is 3.41. The lowest BCUT2D eigenvalue weighted by Crippen LogP contribution is -2.54. The zero-order chi connectivity index (χ0) is 14.5. The van der Waals surface area contributed by atoms with E-state index in [0.29, 0.717) is 19.8 Å². The first kappa shape index (κ1) is 15.1. The lowest BCUT2D eigenvalue weighted by molar-refractivity contribution is -0.152. The highest BCUT2D eigenvalue weighted by Gasteiger charge is 2.31. The summed E-state index contributed by atoms with van der Waals surface area (Å²) in [6.45, 7) is 1.38. The Morgan fingerprint density at radius 2 is 2.05 bits per heavy atom. The Bertz CT molecular complexity index is 367. The third-order valence-corrected chi connectivity index (χ3v) is 3.41. The van der Waals surface area contributed by atoms with Gasteiger partial charge in [0.2, 0.25) is 18.2 Å². The van der Waals surface area contributed by atoms with Crippen LogP contribution in [0.1, 0.15) is 6.42 Å². The predicted molar refractivity (Wildman–Crippen MR) is 64.3 cm³/mol. The van der Waals surface area contributed by atoms with Crippen LogP contribution in [0.5, 0.6) is 0 Å². The number of hydrogen-bond donors (Lipinski definition) is 0. The Morgan fingerprint density at radius 1 is 1.30 bits per heavy atom. The maximum absolute atomic E-state index is 12.5. The standard InChI is InChI=1S/C12H18F2N2O4/c13-10(14)5-9-7-19-4-2-16(9)11(17)6-15-1-3-20-8-12(15)18/h9-10H,1-8H2. The van der Waals surface area contributed by atoms with Crippen molar-refractivity contribution in [2.45, 2.75) is 18.9 Å². The highest BCUT2D eigenvalue weighted by molar-refractivity contribution is 5.85. The SMILES string of the molecule is O=C1COCCN1CC(=O)N1CCOCC1CC(F)F. The summed E-state index contributed by atoms with van der Waals surface area (Å²) in [6, 6.07) is -0.618. The molecule has 0 spiro atoms. The van der Waals surface area contributed by atoms with Gasteiger partial charge in [-0.1, -0.05) is 0 Å². The highest BCUT2D eigenvalue weighted by Crippen LogP contribution is 2.16. The molecule has 2 amide bonds. The number of rotatable bonds is 4. The molecule has 2 fully saturated rings. The molecule has 8 heteroatoms. The van der Waals surface area contributed by atoms with E-state index in [1.54, 1.807) is 0 Å². The molecule has 2 aliphatic heterocycles. The fourth-order valence-electron chi connectivity index (χ4n) is 2.36. The Hall–Kier alpha value is -1.28. The van der Waals surface area contributed by atoms with Crippen LogP contribution < -0.4 is 0 Å². The topological polar surface area (TPSA) is 59.1 Å². The summed E-state index contributed by atoms with van der Waals surface area (Å²) in [5, 5.41) is 0. The van der Waals surface area contributed by atoms with E-state index in [1.807, 2.05) is 0 Å². The first-order chi connectivity index (χ1) is 9.58. The Morgan fingerprint density at radius 3 is 2.75 bits per heavy atom. The summed E-state index contributed by atoms with van der Waals surface area (Å²) < 4.78 is 35.1. The number of alkyl halides is 2. The number of carbonyl (C=O) groups is 2. The minimum absolute atomic E-state index is 0.0309. The van der Waals surface area contributed by atoms with Gasteiger partial charge in [0.1, 0.15) is 6.61 Å². The van der Waals surface area contributed by atoms with E-state index in [1.165, 1.54) is 9.80 Å². The van der Waals surface area contributed by atoms with Crippen molar-refractivity contribution >= 4 is 11.8 Å². The van der Waals surface area contributed by atoms with Crippen molar-refractivity contribution in [1.29, 1.82) is 0 Å². The average molecular weight is 292 g/mol. The molecule has 2 aliphatic rings. The highest BCUT2D eigenvalue weighted by atomic mass is 19.3. The van der Waals surface area contributed by atoms with E-state index in [0.717, 1.165) is 0 Å². The normalized spacial score (nSPS) is 24.4. The molecule has 1 unspecified atom stereocenters. The molecule has 114 valence electrons. The van der Waals surface area contributed by atoms with Crippen LogP contribution in [0.2, 0.25) is 0 Å². The second kappa shape index (κ2) is 6.94. The van der Waals surface area contributed by atoms with Crippen LogP contribution in [-0.2, 0) is 19.1 Å². The lowest BCUT2D eigenvalue weighted by Gasteiger charge is -2.37. The maximum Gasteiger partial charge on any atom is 0.249 e. The molecule has 6 nitrogen and oxygen atoms in total. The minimum atomic E-state index is -2.48. The van der Waals surface area contributed by atoms with Gasteiger partial charge in [0.15, 0.2) is 0 Å². The Labute approximate surface area is 115 Å². The van der Waals surface area contributed by atoms with Gasteiger partial charge < -0.3 is 19.3 Å². The van der Waals surface area contributed by atoms with Gasteiger partial charge in [0, 0.05) is 19.5 Å². The second-order valence-electron chi connectivity index (χ2n) is 4.81. The fourth-order valence-corrected chi connectivity index (χ4v) is 2.36. The molecule has 0 aromatic heterocycles. The van der Waals surface area contributed by atoms with Crippen LogP contribution in [0.4, 0.5) is 8.78 Å². The molecule has 0 saturated carbocycles. The summed E-state index contributed by atoms with van der Waals surface area (Å²) in [6.07, 6.45) is -2.88. The molecule has 0 aliphatic carbocycles. The minimum Gasteiger partial charge on any atom is -0.377 e. The van der Waals surface area contributed by atoms with Crippen molar-refractivity contribution in [1.82, 2.24) is 9.80 Å². The quantitative estimate of drug-likeness (QED) is 0.715. The molecule has 2 saturated heterocycles. The number of halogens is 2. The van der Waals surface area contributed by atoms with Gasteiger partial charge in [0.05, 0.1) is 32.4 Å². The van der Waals surface area contributed by atoms with Gasteiger partial charge in [-0.2, -0.15) is 0 Å². The third kappa shape index (κ3) is 3.86. The molecule has 20 heavy (non-hydrogen) atoms. The van der Waals surface area contributed by atoms with Crippen LogP contribution in [0.3, 0.4) is 0 Å². The molecule has 2 heterocycles. The number of amides is 2. The lowest BCUT2D eigenvalue weighted by atomic mass is 10.1. The molecule has 0 bridgehead atoms. The van der Waals surface area contributed by atoms with Gasteiger partial charge in [0.25, 0.3) is 0 Å². The zero-order valence-corrected chi connectivity index (χ0v) is 11.1. The van der Waals surface area contributed by atoms with Gasteiger partial charge in [-0.05, 0) is 0 Å². The summed E-state index contributed by atoms with van der Waals surface area (Å²) in [5.74, 6) is -0.558. The monoisotopic (exact) mass is 292 g/mol. The van der Waals surface area contributed by atoms with E-state index in [9.17, 15) is 18.4 Å². The van der Waals surface area contributed by atoms with Crippen LogP contribution in [0.15, 0.2) is 0 Å². The van der Waals surface area contributed by atoms with E-state index in [4.69, 9.17) is 9.47 Å². The molecule has 0 N–H and O–H groups in total. The fraction of sp³-hybridized carbons (Fsp3) is 0.833. The first-order valence-electron chi connectivity index (χ1n) is 6.59. The van der Waals surface area contributed by atoms with Crippen molar-refractivity contribution in [2.24, 2.45) is 0 Å². The predicted octanol–water partition coefficient (Wildman–Crippen LogP) is -0.272. The van der Waals surface area contributed by atoms with Crippen LogP contribution in [0.25, 0.3) is 0 Å². The van der Waals surface area contributed by atoms with Crippen molar-refractivity contribution in [3.63, 3.8) is 0 Å². The molecular weight excluding hydrogens is 274 g/mol. The number of carbonyl (C=O) groups excluding carboxylic acids is 2. The Kier molecular flexibility index (Phi) is 5.24. The number of morpholine rings is 2. The molecule has 1 atom stereocenters. The van der Waals surface area contributed by atoms with Gasteiger partial charge in [-0.3, -0.25) is 9.59 Å². The van der Waals surface area contributed by atoms with E-state index < -0.39 is 18.9 Å². The van der Waals surface area contributed by atoms with E-state index in [-0.39, 0.29) is 38.1 Å². The summed E-state index contributed by atoms with van der Waals surface area (Å²) in [4.78, 5) is 26.6. The molecule has 0 aromatic carbocycles. The van der Waals surface area contributed by atoms with Crippen molar-refractivity contribution < 1.29 is 27.8 Å².